The molecule has 1 aromatic carbocycles. The third kappa shape index (κ3) is 3.67. The molecule has 0 aromatic heterocycles. The molecule has 0 atom stereocenters. The van der Waals surface area contributed by atoms with Crippen molar-refractivity contribution in [3.8, 4) is 0 Å². The van der Waals surface area contributed by atoms with Gasteiger partial charge in [0.15, 0.2) is 0 Å². The van der Waals surface area contributed by atoms with Crippen LogP contribution in [-0.4, -0.2) is 37.6 Å². The van der Waals surface area contributed by atoms with Crippen molar-refractivity contribution in [2.75, 3.05) is 37.6 Å². The Balaban J connectivity index is 1.97. The van der Waals surface area contributed by atoms with Crippen molar-refractivity contribution in [3.63, 3.8) is 0 Å². The zero-order chi connectivity index (χ0) is 13.8. The smallest absolute Gasteiger partial charge is 0.146 e. The van der Waals surface area contributed by atoms with Crippen molar-refractivity contribution >= 4 is 5.69 Å². The fourth-order valence-electron chi connectivity index (χ4n) is 2.62. The van der Waals surface area contributed by atoms with Crippen LogP contribution in [0.2, 0.25) is 0 Å². The van der Waals surface area contributed by atoms with Gasteiger partial charge in [-0.05, 0) is 23.6 Å². The highest BCUT2D eigenvalue weighted by molar-refractivity contribution is 5.49. The fraction of sp³-hybridized carbons (Fsp3) is 0.600. The highest BCUT2D eigenvalue weighted by atomic mass is 19.1. The molecule has 106 valence electrons. The van der Waals surface area contributed by atoms with Crippen molar-refractivity contribution in [2.45, 2.75) is 20.4 Å². The summed E-state index contributed by atoms with van der Waals surface area (Å²) in [4.78, 5) is 4.58. The summed E-state index contributed by atoms with van der Waals surface area (Å²) in [6.45, 7) is 9.79. The molecule has 19 heavy (non-hydrogen) atoms. The van der Waals surface area contributed by atoms with E-state index in [-0.39, 0.29) is 5.82 Å². The summed E-state index contributed by atoms with van der Waals surface area (Å²) >= 11 is 0. The number of anilines is 1. The molecule has 1 fully saturated rings. The van der Waals surface area contributed by atoms with E-state index in [1.54, 1.807) is 6.07 Å². The Hall–Kier alpha value is -1.13. The van der Waals surface area contributed by atoms with Gasteiger partial charge in [0.25, 0.3) is 0 Å². The molecule has 1 heterocycles. The quantitative estimate of drug-likeness (QED) is 0.904. The Morgan fingerprint density at radius 3 is 2.42 bits per heavy atom. The second-order valence-electron chi connectivity index (χ2n) is 5.67. The van der Waals surface area contributed by atoms with Gasteiger partial charge in [-0.1, -0.05) is 19.9 Å². The number of hydrogen-bond donors (Lipinski definition) is 1. The van der Waals surface area contributed by atoms with Crippen LogP contribution in [-0.2, 0) is 6.54 Å². The molecule has 0 radical (unpaired) electrons. The van der Waals surface area contributed by atoms with Crippen LogP contribution in [0.3, 0.4) is 0 Å². The van der Waals surface area contributed by atoms with Crippen LogP contribution in [0.15, 0.2) is 18.2 Å². The molecule has 0 saturated carbocycles. The largest absolute Gasteiger partial charge is 0.367 e. The molecule has 0 spiro atoms. The second kappa shape index (κ2) is 6.35. The Kier molecular flexibility index (Phi) is 4.77. The van der Waals surface area contributed by atoms with Gasteiger partial charge in [0.05, 0.1) is 5.69 Å². The predicted molar refractivity (Wildman–Crippen MR) is 77.8 cm³/mol. The van der Waals surface area contributed by atoms with Gasteiger partial charge in [-0.2, -0.15) is 0 Å². The number of nitrogens with zero attached hydrogens (tertiary/aromatic N) is 2. The molecule has 0 unspecified atom stereocenters. The zero-order valence-corrected chi connectivity index (χ0v) is 11.9. The molecular formula is C15H24FN3. The molecule has 4 heteroatoms. The molecule has 0 amide bonds. The Morgan fingerprint density at radius 2 is 1.89 bits per heavy atom. The minimum absolute atomic E-state index is 0.153. The summed E-state index contributed by atoms with van der Waals surface area (Å²) in [5.41, 5.74) is 7.08. The van der Waals surface area contributed by atoms with E-state index in [1.165, 1.54) is 0 Å². The van der Waals surface area contributed by atoms with Gasteiger partial charge < -0.3 is 10.6 Å². The van der Waals surface area contributed by atoms with Crippen LogP contribution in [0.25, 0.3) is 0 Å². The van der Waals surface area contributed by atoms with Crippen LogP contribution in [0.4, 0.5) is 10.1 Å². The SMILES string of the molecule is CC(C)CN1CCN(c2ccc(CN)cc2F)CC1. The van der Waals surface area contributed by atoms with Crippen LogP contribution in [0.1, 0.15) is 19.4 Å². The van der Waals surface area contributed by atoms with Crippen molar-refractivity contribution in [2.24, 2.45) is 11.7 Å². The monoisotopic (exact) mass is 265 g/mol. The van der Waals surface area contributed by atoms with E-state index in [2.05, 4.69) is 23.6 Å². The third-order valence-electron chi connectivity index (χ3n) is 3.58. The van der Waals surface area contributed by atoms with Crippen LogP contribution >= 0.6 is 0 Å². The van der Waals surface area contributed by atoms with Gasteiger partial charge in [-0.15, -0.1) is 0 Å². The van der Waals surface area contributed by atoms with Crippen LogP contribution < -0.4 is 10.6 Å². The first-order chi connectivity index (χ1) is 9.10. The third-order valence-corrected chi connectivity index (χ3v) is 3.58. The van der Waals surface area contributed by atoms with Gasteiger partial charge in [0, 0.05) is 39.3 Å². The number of nitrogens with two attached hydrogens (primary N) is 1. The van der Waals surface area contributed by atoms with Gasteiger partial charge in [-0.3, -0.25) is 4.90 Å². The van der Waals surface area contributed by atoms with Crippen molar-refractivity contribution < 1.29 is 4.39 Å². The molecule has 0 aliphatic carbocycles. The van der Waals surface area contributed by atoms with Crippen molar-refractivity contribution in [1.29, 1.82) is 0 Å². The summed E-state index contributed by atoms with van der Waals surface area (Å²) in [6.07, 6.45) is 0. The topological polar surface area (TPSA) is 32.5 Å². The van der Waals surface area contributed by atoms with Gasteiger partial charge in [0.2, 0.25) is 0 Å². The second-order valence-corrected chi connectivity index (χ2v) is 5.67. The summed E-state index contributed by atoms with van der Waals surface area (Å²) < 4.78 is 14.0. The van der Waals surface area contributed by atoms with Crippen LogP contribution in [0, 0.1) is 11.7 Å². The summed E-state index contributed by atoms with van der Waals surface area (Å²) in [5.74, 6) is 0.535. The maximum absolute atomic E-state index is 14.0. The standard InChI is InChI=1S/C15H24FN3/c1-12(2)11-18-5-7-19(8-6-18)15-4-3-13(10-17)9-14(15)16/h3-4,9,12H,5-8,10-11,17H2,1-2H3. The first kappa shape index (κ1) is 14.3. The first-order valence-corrected chi connectivity index (χ1v) is 7.06. The average molecular weight is 265 g/mol. The minimum Gasteiger partial charge on any atom is -0.367 e. The molecule has 1 saturated heterocycles. The number of hydrogen-bond acceptors (Lipinski definition) is 3. The zero-order valence-electron chi connectivity index (χ0n) is 11.9. The maximum atomic E-state index is 14.0. The van der Waals surface area contributed by atoms with E-state index < -0.39 is 0 Å². The molecular weight excluding hydrogens is 241 g/mol. The lowest BCUT2D eigenvalue weighted by molar-refractivity contribution is 0.231. The van der Waals surface area contributed by atoms with Crippen LogP contribution in [0.5, 0.6) is 0 Å². The van der Waals surface area contributed by atoms with E-state index >= 15 is 0 Å². The molecule has 2 N–H and O–H groups in total. The van der Waals surface area contributed by atoms with E-state index in [0.29, 0.717) is 18.2 Å². The predicted octanol–water partition coefficient (Wildman–Crippen LogP) is 2.06. The van der Waals surface area contributed by atoms with E-state index in [1.807, 2.05) is 12.1 Å². The first-order valence-electron chi connectivity index (χ1n) is 7.06. The number of rotatable bonds is 4. The van der Waals surface area contributed by atoms with Gasteiger partial charge in [-0.25, -0.2) is 4.39 Å². The lowest BCUT2D eigenvalue weighted by Crippen LogP contribution is -2.47. The number of halogens is 1. The molecule has 0 bridgehead atoms. The molecule has 1 aliphatic heterocycles. The molecule has 2 rings (SSSR count). The summed E-state index contributed by atoms with van der Waals surface area (Å²) in [6, 6.07) is 5.32. The highest BCUT2D eigenvalue weighted by Gasteiger charge is 2.19. The normalized spacial score (nSPS) is 17.2. The Bertz CT molecular complexity index is 412. The number of benzene rings is 1. The Labute approximate surface area is 115 Å². The molecule has 3 nitrogen and oxygen atoms in total. The number of piperazine rings is 1. The molecule has 1 aliphatic rings. The highest BCUT2D eigenvalue weighted by Crippen LogP contribution is 2.22. The van der Waals surface area contributed by atoms with Crippen molar-refractivity contribution in [1.82, 2.24) is 4.90 Å². The van der Waals surface area contributed by atoms with E-state index in [4.69, 9.17) is 5.73 Å². The van der Waals surface area contributed by atoms with Gasteiger partial charge >= 0.3 is 0 Å². The summed E-state index contributed by atoms with van der Waals surface area (Å²) in [7, 11) is 0. The van der Waals surface area contributed by atoms with E-state index in [9.17, 15) is 4.39 Å². The van der Waals surface area contributed by atoms with Crippen molar-refractivity contribution in [3.05, 3.63) is 29.6 Å². The lowest BCUT2D eigenvalue weighted by Gasteiger charge is -2.37. The average Bonchev–Trinajstić information content (AvgIpc) is 2.39. The maximum Gasteiger partial charge on any atom is 0.146 e. The summed E-state index contributed by atoms with van der Waals surface area (Å²) in [5, 5.41) is 0. The molecule has 1 aromatic rings. The van der Waals surface area contributed by atoms with E-state index in [0.717, 1.165) is 38.3 Å². The fourth-order valence-corrected chi connectivity index (χ4v) is 2.62. The lowest BCUT2D eigenvalue weighted by atomic mass is 10.1. The minimum atomic E-state index is -0.153. The van der Waals surface area contributed by atoms with Gasteiger partial charge in [0.1, 0.15) is 5.82 Å². The Morgan fingerprint density at radius 1 is 1.21 bits per heavy atom.